The predicted molar refractivity (Wildman–Crippen MR) is 64.4 cm³/mol. The Morgan fingerprint density at radius 3 is 2.69 bits per heavy atom. The zero-order chi connectivity index (χ0) is 12.4. The molecule has 0 unspecified atom stereocenters. The van der Waals surface area contributed by atoms with Crippen LogP contribution < -0.4 is 0 Å². The maximum Gasteiger partial charge on any atom is 0.330 e. The highest BCUT2D eigenvalue weighted by molar-refractivity contribution is 5.81. The van der Waals surface area contributed by atoms with E-state index in [4.69, 9.17) is 9.47 Å². The van der Waals surface area contributed by atoms with Gasteiger partial charge in [-0.25, -0.2) is 4.79 Å². The van der Waals surface area contributed by atoms with E-state index in [2.05, 4.69) is 4.90 Å². The normalized spacial score (nSPS) is 11.6. The van der Waals surface area contributed by atoms with E-state index >= 15 is 0 Å². The molecule has 0 aromatic heterocycles. The van der Waals surface area contributed by atoms with Gasteiger partial charge in [0.2, 0.25) is 0 Å². The van der Waals surface area contributed by atoms with Gasteiger partial charge in [0.25, 0.3) is 0 Å². The van der Waals surface area contributed by atoms with Gasteiger partial charge in [-0.1, -0.05) is 6.08 Å². The number of likely N-dealkylation sites (N-methyl/N-ethyl adjacent to an activating group) is 1. The predicted octanol–water partition coefficient (Wildman–Crippen LogP) is 1.46. The van der Waals surface area contributed by atoms with Gasteiger partial charge in [0.05, 0.1) is 19.3 Å². The Kier molecular flexibility index (Phi) is 8.85. The van der Waals surface area contributed by atoms with Crippen molar-refractivity contribution in [1.82, 2.24) is 4.90 Å². The Labute approximate surface area is 98.2 Å². The largest absolute Gasteiger partial charge is 0.463 e. The molecule has 0 heterocycles. The molecule has 0 aliphatic carbocycles. The molecule has 0 amide bonds. The molecule has 0 saturated carbocycles. The number of hydrogen-bond donors (Lipinski definition) is 0. The van der Waals surface area contributed by atoms with Crippen molar-refractivity contribution in [2.45, 2.75) is 26.9 Å². The minimum Gasteiger partial charge on any atom is -0.463 e. The molecular formula is C12H23NO3. The van der Waals surface area contributed by atoms with Crippen molar-refractivity contribution in [2.75, 3.05) is 33.4 Å². The fraction of sp³-hybridized carbons (Fsp3) is 0.750. The second kappa shape index (κ2) is 9.36. The van der Waals surface area contributed by atoms with E-state index in [0.717, 1.165) is 13.1 Å². The van der Waals surface area contributed by atoms with Crippen LogP contribution >= 0.6 is 0 Å². The van der Waals surface area contributed by atoms with Crippen molar-refractivity contribution in [3.05, 3.63) is 12.2 Å². The number of rotatable bonds is 8. The smallest absolute Gasteiger partial charge is 0.330 e. The molecular weight excluding hydrogens is 206 g/mol. The lowest BCUT2D eigenvalue weighted by Gasteiger charge is -2.15. The van der Waals surface area contributed by atoms with Crippen molar-refractivity contribution in [3.63, 3.8) is 0 Å². The molecule has 4 nitrogen and oxygen atoms in total. The van der Waals surface area contributed by atoms with Crippen molar-refractivity contribution in [2.24, 2.45) is 0 Å². The maximum atomic E-state index is 11.0. The van der Waals surface area contributed by atoms with Crippen LogP contribution in [0.2, 0.25) is 0 Å². The molecule has 0 atom stereocenters. The first-order valence-electron chi connectivity index (χ1n) is 5.69. The SMILES string of the molecule is CCOC(=O)/C=C/CN(C)CCOC(C)C. The van der Waals surface area contributed by atoms with E-state index in [9.17, 15) is 4.79 Å². The molecule has 4 heteroatoms. The summed E-state index contributed by atoms with van der Waals surface area (Å²) in [5, 5.41) is 0. The van der Waals surface area contributed by atoms with Crippen molar-refractivity contribution >= 4 is 5.97 Å². The number of ether oxygens (including phenoxy) is 2. The molecule has 0 rings (SSSR count). The summed E-state index contributed by atoms with van der Waals surface area (Å²) in [4.78, 5) is 13.1. The zero-order valence-electron chi connectivity index (χ0n) is 10.7. The van der Waals surface area contributed by atoms with Crippen LogP contribution in [0.25, 0.3) is 0 Å². The summed E-state index contributed by atoms with van der Waals surface area (Å²) in [6.07, 6.45) is 3.53. The van der Waals surface area contributed by atoms with E-state index in [1.54, 1.807) is 13.0 Å². The number of carbonyl (C=O) groups excluding carboxylic acids is 1. The third-order valence-electron chi connectivity index (χ3n) is 1.88. The van der Waals surface area contributed by atoms with Gasteiger partial charge in [-0.15, -0.1) is 0 Å². The van der Waals surface area contributed by atoms with Crippen LogP contribution in [0, 0.1) is 0 Å². The van der Waals surface area contributed by atoms with Gasteiger partial charge >= 0.3 is 5.97 Å². The highest BCUT2D eigenvalue weighted by Gasteiger charge is 1.98. The summed E-state index contributed by atoms with van der Waals surface area (Å²) >= 11 is 0. The van der Waals surface area contributed by atoms with Crippen LogP contribution in [0.4, 0.5) is 0 Å². The second-order valence-corrected chi connectivity index (χ2v) is 3.84. The number of hydrogen-bond acceptors (Lipinski definition) is 4. The molecule has 0 radical (unpaired) electrons. The number of carbonyl (C=O) groups is 1. The van der Waals surface area contributed by atoms with Crippen LogP contribution in [0.5, 0.6) is 0 Å². The minimum atomic E-state index is -0.283. The van der Waals surface area contributed by atoms with Crippen molar-refractivity contribution < 1.29 is 14.3 Å². The molecule has 0 aromatic rings. The Morgan fingerprint density at radius 1 is 1.44 bits per heavy atom. The molecule has 0 spiro atoms. The standard InChI is InChI=1S/C12H23NO3/c1-5-15-12(14)7-6-8-13(4)9-10-16-11(2)3/h6-7,11H,5,8-10H2,1-4H3/b7-6+. The summed E-state index contributed by atoms with van der Waals surface area (Å²) in [6.45, 7) is 8.52. The van der Waals surface area contributed by atoms with Crippen LogP contribution in [0.15, 0.2) is 12.2 Å². The summed E-state index contributed by atoms with van der Waals surface area (Å²) in [7, 11) is 1.99. The number of esters is 1. The summed E-state index contributed by atoms with van der Waals surface area (Å²) in [5.41, 5.74) is 0. The average Bonchev–Trinajstić information content (AvgIpc) is 2.17. The second-order valence-electron chi connectivity index (χ2n) is 3.84. The summed E-state index contributed by atoms with van der Waals surface area (Å²) in [5.74, 6) is -0.283. The lowest BCUT2D eigenvalue weighted by molar-refractivity contribution is -0.137. The van der Waals surface area contributed by atoms with Crippen LogP contribution in [0.3, 0.4) is 0 Å². The first-order chi connectivity index (χ1) is 7.56. The molecule has 94 valence electrons. The quantitative estimate of drug-likeness (QED) is 0.466. The van der Waals surface area contributed by atoms with Crippen LogP contribution in [-0.2, 0) is 14.3 Å². The maximum absolute atomic E-state index is 11.0. The minimum absolute atomic E-state index is 0.267. The summed E-state index contributed by atoms with van der Waals surface area (Å²) in [6, 6.07) is 0. The van der Waals surface area contributed by atoms with Gasteiger partial charge in [0.1, 0.15) is 0 Å². The van der Waals surface area contributed by atoms with E-state index < -0.39 is 0 Å². The fourth-order valence-corrected chi connectivity index (χ4v) is 1.05. The van der Waals surface area contributed by atoms with E-state index in [1.165, 1.54) is 6.08 Å². The third kappa shape index (κ3) is 9.68. The topological polar surface area (TPSA) is 38.8 Å². The zero-order valence-corrected chi connectivity index (χ0v) is 10.7. The van der Waals surface area contributed by atoms with Crippen molar-refractivity contribution in [1.29, 1.82) is 0 Å². The van der Waals surface area contributed by atoms with Crippen molar-refractivity contribution in [3.8, 4) is 0 Å². The molecule has 0 aliphatic rings. The first-order valence-corrected chi connectivity index (χ1v) is 5.69. The molecule has 0 saturated heterocycles. The molecule has 0 bridgehead atoms. The van der Waals surface area contributed by atoms with Crippen LogP contribution in [-0.4, -0.2) is 50.3 Å². The Bertz CT molecular complexity index is 214. The van der Waals surface area contributed by atoms with Gasteiger partial charge < -0.3 is 14.4 Å². The molecule has 0 aromatic carbocycles. The van der Waals surface area contributed by atoms with Gasteiger partial charge in [0, 0.05) is 19.2 Å². The van der Waals surface area contributed by atoms with Gasteiger partial charge in [-0.2, -0.15) is 0 Å². The Hall–Kier alpha value is -0.870. The third-order valence-corrected chi connectivity index (χ3v) is 1.88. The first kappa shape index (κ1) is 15.1. The lowest BCUT2D eigenvalue weighted by Crippen LogP contribution is -2.24. The Morgan fingerprint density at radius 2 is 2.12 bits per heavy atom. The van der Waals surface area contributed by atoms with Gasteiger partial charge in [-0.05, 0) is 27.8 Å². The van der Waals surface area contributed by atoms with Gasteiger partial charge in [0.15, 0.2) is 0 Å². The average molecular weight is 229 g/mol. The van der Waals surface area contributed by atoms with Gasteiger partial charge in [-0.3, -0.25) is 0 Å². The molecule has 0 aliphatic heterocycles. The highest BCUT2D eigenvalue weighted by Crippen LogP contribution is 1.90. The molecule has 0 fully saturated rings. The van der Waals surface area contributed by atoms with E-state index in [0.29, 0.717) is 13.2 Å². The van der Waals surface area contributed by atoms with E-state index in [1.807, 2.05) is 20.9 Å². The fourth-order valence-electron chi connectivity index (χ4n) is 1.05. The monoisotopic (exact) mass is 229 g/mol. The summed E-state index contributed by atoms with van der Waals surface area (Å²) < 4.78 is 10.2. The highest BCUT2D eigenvalue weighted by atomic mass is 16.5. The van der Waals surface area contributed by atoms with Crippen LogP contribution in [0.1, 0.15) is 20.8 Å². The van der Waals surface area contributed by atoms with E-state index in [-0.39, 0.29) is 12.1 Å². The molecule has 16 heavy (non-hydrogen) atoms. The Balaban J connectivity index is 3.56. The molecule has 0 N–H and O–H groups in total. The number of nitrogens with zero attached hydrogens (tertiary/aromatic N) is 1. The lowest BCUT2D eigenvalue weighted by atomic mass is 10.4.